The monoisotopic (exact) mass is 265 g/mol. The second-order valence-electron chi connectivity index (χ2n) is 3.46. The van der Waals surface area contributed by atoms with Crippen molar-refractivity contribution in [1.82, 2.24) is 15.2 Å². The summed E-state index contributed by atoms with van der Waals surface area (Å²) in [5.41, 5.74) is -0.474. The average molecular weight is 265 g/mol. The third-order valence-electron chi connectivity index (χ3n) is 2.16. The van der Waals surface area contributed by atoms with Crippen molar-refractivity contribution in [2.24, 2.45) is 0 Å². The van der Waals surface area contributed by atoms with E-state index in [1.807, 2.05) is 6.07 Å². The number of anilines is 2. The van der Waals surface area contributed by atoms with Gasteiger partial charge in [0.15, 0.2) is 5.82 Å². The van der Waals surface area contributed by atoms with Crippen LogP contribution in [-0.4, -0.2) is 15.2 Å². The lowest BCUT2D eigenvalue weighted by Gasteiger charge is -2.08. The van der Waals surface area contributed by atoms with Gasteiger partial charge in [-0.15, -0.1) is 5.10 Å². The molecule has 0 bridgehead atoms. The smallest absolute Gasteiger partial charge is 0.336 e. The van der Waals surface area contributed by atoms with Gasteiger partial charge < -0.3 is 5.32 Å². The largest absolute Gasteiger partial charge is 0.433 e. The Balaban J connectivity index is 2.23. The van der Waals surface area contributed by atoms with Gasteiger partial charge in [0.1, 0.15) is 11.8 Å². The standard InChI is InChI=1S/C11H6F3N5/c12-11(13,14)9-2-1-8(6-16-9)18-10-7(5-15)3-4-17-19-10/h1-4,6H,(H,18,19). The lowest BCUT2D eigenvalue weighted by molar-refractivity contribution is -0.141. The van der Waals surface area contributed by atoms with Crippen molar-refractivity contribution >= 4 is 11.5 Å². The molecule has 0 aliphatic carbocycles. The van der Waals surface area contributed by atoms with Gasteiger partial charge in [-0.2, -0.15) is 23.5 Å². The van der Waals surface area contributed by atoms with E-state index in [9.17, 15) is 13.2 Å². The zero-order valence-electron chi connectivity index (χ0n) is 9.31. The van der Waals surface area contributed by atoms with Crippen LogP contribution in [0.15, 0.2) is 30.6 Å². The van der Waals surface area contributed by atoms with Gasteiger partial charge in [-0.25, -0.2) is 4.98 Å². The highest BCUT2D eigenvalue weighted by Gasteiger charge is 2.32. The topological polar surface area (TPSA) is 74.5 Å². The van der Waals surface area contributed by atoms with E-state index in [1.165, 1.54) is 18.3 Å². The van der Waals surface area contributed by atoms with Crippen LogP contribution in [0.25, 0.3) is 0 Å². The molecule has 0 saturated heterocycles. The fourth-order valence-electron chi connectivity index (χ4n) is 1.29. The van der Waals surface area contributed by atoms with Crippen LogP contribution in [-0.2, 0) is 6.18 Å². The molecular weight excluding hydrogens is 259 g/mol. The molecule has 5 nitrogen and oxygen atoms in total. The van der Waals surface area contributed by atoms with Crippen LogP contribution in [0.4, 0.5) is 24.7 Å². The van der Waals surface area contributed by atoms with Crippen molar-refractivity contribution in [2.75, 3.05) is 5.32 Å². The van der Waals surface area contributed by atoms with E-state index in [2.05, 4.69) is 20.5 Å². The second kappa shape index (κ2) is 4.89. The maximum Gasteiger partial charge on any atom is 0.433 e. The Morgan fingerprint density at radius 3 is 2.58 bits per heavy atom. The predicted molar refractivity (Wildman–Crippen MR) is 59.3 cm³/mol. The van der Waals surface area contributed by atoms with Gasteiger partial charge >= 0.3 is 6.18 Å². The van der Waals surface area contributed by atoms with Crippen molar-refractivity contribution in [3.63, 3.8) is 0 Å². The lowest BCUT2D eigenvalue weighted by Crippen LogP contribution is -2.08. The third kappa shape index (κ3) is 2.95. The fourth-order valence-corrected chi connectivity index (χ4v) is 1.29. The molecule has 19 heavy (non-hydrogen) atoms. The summed E-state index contributed by atoms with van der Waals surface area (Å²) >= 11 is 0. The molecule has 2 heterocycles. The number of alkyl halides is 3. The molecular formula is C11H6F3N5. The first-order valence-electron chi connectivity index (χ1n) is 5.03. The van der Waals surface area contributed by atoms with Crippen LogP contribution in [0, 0.1) is 11.3 Å². The number of hydrogen-bond acceptors (Lipinski definition) is 5. The van der Waals surface area contributed by atoms with Gasteiger partial charge in [0.05, 0.1) is 23.6 Å². The molecule has 0 atom stereocenters. The molecule has 8 heteroatoms. The van der Waals surface area contributed by atoms with Crippen LogP contribution in [0.5, 0.6) is 0 Å². The Morgan fingerprint density at radius 1 is 1.21 bits per heavy atom. The van der Waals surface area contributed by atoms with Crippen molar-refractivity contribution in [2.45, 2.75) is 6.18 Å². The highest BCUT2D eigenvalue weighted by atomic mass is 19.4. The molecule has 2 aromatic rings. The zero-order valence-corrected chi connectivity index (χ0v) is 9.31. The number of nitrogens with zero attached hydrogens (tertiary/aromatic N) is 4. The molecule has 0 aromatic carbocycles. The Bertz CT molecular complexity index is 615. The number of nitrogens with one attached hydrogen (secondary N) is 1. The van der Waals surface area contributed by atoms with E-state index < -0.39 is 11.9 Å². The number of halogens is 3. The Hall–Kier alpha value is -2.69. The maximum atomic E-state index is 12.3. The summed E-state index contributed by atoms with van der Waals surface area (Å²) in [5.74, 6) is 0.159. The Labute approximate surface area is 105 Å². The van der Waals surface area contributed by atoms with E-state index in [0.717, 1.165) is 12.3 Å². The molecule has 2 aromatic heterocycles. The summed E-state index contributed by atoms with van der Waals surface area (Å²) in [6, 6.07) is 5.36. The molecule has 96 valence electrons. The molecule has 0 saturated carbocycles. The number of aromatic nitrogens is 3. The molecule has 0 amide bonds. The molecule has 0 unspecified atom stereocenters. The maximum absolute atomic E-state index is 12.3. The second-order valence-corrected chi connectivity index (χ2v) is 3.46. The van der Waals surface area contributed by atoms with Crippen molar-refractivity contribution in [3.8, 4) is 6.07 Å². The lowest BCUT2D eigenvalue weighted by atomic mass is 10.3. The Morgan fingerprint density at radius 2 is 2.00 bits per heavy atom. The molecule has 1 N–H and O–H groups in total. The molecule has 0 fully saturated rings. The highest BCUT2D eigenvalue weighted by molar-refractivity contribution is 5.61. The minimum atomic E-state index is -4.48. The number of nitriles is 1. The van der Waals surface area contributed by atoms with Gasteiger partial charge in [0.2, 0.25) is 0 Å². The van der Waals surface area contributed by atoms with Gasteiger partial charge in [-0.1, -0.05) is 0 Å². The van der Waals surface area contributed by atoms with Crippen LogP contribution < -0.4 is 5.32 Å². The van der Waals surface area contributed by atoms with E-state index in [1.54, 1.807) is 0 Å². The first-order valence-corrected chi connectivity index (χ1v) is 5.03. The summed E-state index contributed by atoms with van der Waals surface area (Å²) in [4.78, 5) is 3.28. The summed E-state index contributed by atoms with van der Waals surface area (Å²) in [6.07, 6.45) is -2.13. The van der Waals surface area contributed by atoms with Crippen LogP contribution in [0.3, 0.4) is 0 Å². The average Bonchev–Trinajstić information content (AvgIpc) is 2.39. The number of hydrogen-bond donors (Lipinski definition) is 1. The highest BCUT2D eigenvalue weighted by Crippen LogP contribution is 2.28. The van der Waals surface area contributed by atoms with E-state index in [0.29, 0.717) is 0 Å². The van der Waals surface area contributed by atoms with Crippen molar-refractivity contribution in [3.05, 3.63) is 41.9 Å². The van der Waals surface area contributed by atoms with E-state index in [-0.39, 0.29) is 17.1 Å². The first kappa shape index (κ1) is 12.8. The van der Waals surface area contributed by atoms with Gasteiger partial charge in [-0.05, 0) is 18.2 Å². The molecule has 2 rings (SSSR count). The predicted octanol–water partition coefficient (Wildman–Crippen LogP) is 2.51. The van der Waals surface area contributed by atoms with Gasteiger partial charge in [0, 0.05) is 0 Å². The summed E-state index contributed by atoms with van der Waals surface area (Å²) in [5, 5.41) is 18.8. The fraction of sp³-hybridized carbons (Fsp3) is 0.0909. The van der Waals surface area contributed by atoms with Crippen LogP contribution in [0.1, 0.15) is 11.3 Å². The van der Waals surface area contributed by atoms with Crippen molar-refractivity contribution in [1.29, 1.82) is 5.26 Å². The molecule has 0 aliphatic heterocycles. The SMILES string of the molecule is N#Cc1ccnnc1Nc1ccc(C(F)(F)F)nc1. The van der Waals surface area contributed by atoms with Crippen LogP contribution in [0.2, 0.25) is 0 Å². The summed E-state index contributed by atoms with van der Waals surface area (Å²) < 4.78 is 37.0. The van der Waals surface area contributed by atoms with E-state index >= 15 is 0 Å². The number of rotatable bonds is 2. The molecule has 0 spiro atoms. The van der Waals surface area contributed by atoms with Gasteiger partial charge in [0.25, 0.3) is 0 Å². The summed E-state index contributed by atoms with van der Waals surface area (Å²) in [6.45, 7) is 0. The van der Waals surface area contributed by atoms with E-state index in [4.69, 9.17) is 5.26 Å². The first-order chi connectivity index (χ1) is 9.00. The third-order valence-corrected chi connectivity index (χ3v) is 2.16. The number of pyridine rings is 1. The van der Waals surface area contributed by atoms with Crippen molar-refractivity contribution < 1.29 is 13.2 Å². The normalized spacial score (nSPS) is 10.8. The molecule has 0 aliphatic rings. The van der Waals surface area contributed by atoms with Crippen LogP contribution >= 0.6 is 0 Å². The zero-order chi connectivity index (χ0) is 13.9. The minimum absolute atomic E-state index is 0.159. The van der Waals surface area contributed by atoms with Gasteiger partial charge in [-0.3, -0.25) is 0 Å². The summed E-state index contributed by atoms with van der Waals surface area (Å²) in [7, 11) is 0. The minimum Gasteiger partial charge on any atom is -0.336 e. The quantitative estimate of drug-likeness (QED) is 0.902. The molecule has 0 radical (unpaired) electrons. The Kier molecular flexibility index (Phi) is 3.29.